The SMILES string of the molecule is CC(C)c1ccc(-c2cc3c4nn(CC(=O)Nc5ccccc5C(F)(F)F)c(=O)n4ccn3n2)cc1. The van der Waals surface area contributed by atoms with Crippen molar-refractivity contribution in [3.8, 4) is 11.3 Å². The number of carbonyl (C=O) groups is 1. The Morgan fingerprint density at radius 1 is 1.03 bits per heavy atom. The number of fused-ring (bicyclic) bond motifs is 3. The van der Waals surface area contributed by atoms with Crippen molar-refractivity contribution in [2.45, 2.75) is 32.5 Å². The molecule has 0 unspecified atom stereocenters. The number of anilines is 1. The van der Waals surface area contributed by atoms with E-state index in [2.05, 4.69) is 29.4 Å². The van der Waals surface area contributed by atoms with Crippen LogP contribution in [0.5, 0.6) is 0 Å². The third-order valence-corrected chi connectivity index (χ3v) is 5.87. The standard InChI is InChI=1S/C25H21F3N6O2/c1-15(2)16-7-9-17(10-8-16)20-13-21-23-31-34(24(36)32(23)11-12-33(21)30-20)14-22(35)29-19-6-4-3-5-18(19)25(26,27)28/h3-13,15H,14H2,1-2H3,(H,29,35). The number of alkyl halides is 3. The van der Waals surface area contributed by atoms with Crippen molar-refractivity contribution in [2.75, 3.05) is 5.32 Å². The van der Waals surface area contributed by atoms with Gasteiger partial charge in [-0.15, -0.1) is 5.10 Å². The predicted octanol–water partition coefficient (Wildman–Crippen LogP) is 4.59. The fourth-order valence-corrected chi connectivity index (χ4v) is 3.98. The zero-order chi connectivity index (χ0) is 25.6. The summed E-state index contributed by atoms with van der Waals surface area (Å²) in [5.74, 6) is -0.414. The summed E-state index contributed by atoms with van der Waals surface area (Å²) >= 11 is 0. The molecule has 8 nitrogen and oxygen atoms in total. The normalized spacial score (nSPS) is 12.1. The van der Waals surface area contributed by atoms with E-state index in [1.807, 2.05) is 24.3 Å². The number of aromatic nitrogens is 5. The van der Waals surface area contributed by atoms with Crippen molar-refractivity contribution in [1.29, 1.82) is 0 Å². The zero-order valence-corrected chi connectivity index (χ0v) is 19.3. The lowest BCUT2D eigenvalue weighted by molar-refractivity contribution is -0.137. The highest BCUT2D eigenvalue weighted by atomic mass is 19.4. The number of hydrogen-bond donors (Lipinski definition) is 1. The molecule has 184 valence electrons. The fraction of sp³-hybridized carbons (Fsp3) is 0.200. The Bertz CT molecular complexity index is 1640. The quantitative estimate of drug-likeness (QED) is 0.387. The Labute approximate surface area is 202 Å². The van der Waals surface area contributed by atoms with Gasteiger partial charge in [0.05, 0.1) is 16.9 Å². The molecule has 0 atom stereocenters. The van der Waals surface area contributed by atoms with Crippen LogP contribution in [0.2, 0.25) is 0 Å². The number of benzene rings is 2. The Balaban J connectivity index is 1.46. The van der Waals surface area contributed by atoms with Gasteiger partial charge in [0.25, 0.3) is 0 Å². The van der Waals surface area contributed by atoms with Gasteiger partial charge in [0.1, 0.15) is 12.1 Å². The lowest BCUT2D eigenvalue weighted by Gasteiger charge is -2.13. The molecule has 0 saturated heterocycles. The number of hydrogen-bond acceptors (Lipinski definition) is 4. The number of nitrogens with one attached hydrogen (secondary N) is 1. The van der Waals surface area contributed by atoms with Crippen molar-refractivity contribution >= 4 is 22.8 Å². The Morgan fingerprint density at radius 3 is 2.44 bits per heavy atom. The van der Waals surface area contributed by atoms with E-state index in [4.69, 9.17) is 0 Å². The lowest BCUT2D eigenvalue weighted by Crippen LogP contribution is -2.28. The van der Waals surface area contributed by atoms with Crippen LogP contribution < -0.4 is 11.0 Å². The van der Waals surface area contributed by atoms with Crippen LogP contribution >= 0.6 is 0 Å². The largest absolute Gasteiger partial charge is 0.418 e. The molecule has 0 spiro atoms. The highest BCUT2D eigenvalue weighted by molar-refractivity contribution is 5.91. The van der Waals surface area contributed by atoms with Crippen molar-refractivity contribution in [3.05, 3.63) is 88.6 Å². The molecule has 0 fully saturated rings. The Morgan fingerprint density at radius 2 is 1.75 bits per heavy atom. The molecule has 3 aromatic heterocycles. The van der Waals surface area contributed by atoms with Crippen molar-refractivity contribution in [2.24, 2.45) is 0 Å². The van der Waals surface area contributed by atoms with Gasteiger partial charge in [0, 0.05) is 18.0 Å². The average Bonchev–Trinajstić information content (AvgIpc) is 3.40. The van der Waals surface area contributed by atoms with Gasteiger partial charge < -0.3 is 5.32 Å². The van der Waals surface area contributed by atoms with Crippen LogP contribution in [0.1, 0.15) is 30.9 Å². The van der Waals surface area contributed by atoms with Gasteiger partial charge in [-0.05, 0) is 29.7 Å². The third-order valence-electron chi connectivity index (χ3n) is 5.87. The smallest absolute Gasteiger partial charge is 0.324 e. The molecule has 3 heterocycles. The molecule has 0 bridgehead atoms. The first-order valence-electron chi connectivity index (χ1n) is 11.2. The second-order valence-electron chi connectivity index (χ2n) is 8.66. The summed E-state index contributed by atoms with van der Waals surface area (Å²) in [7, 11) is 0. The summed E-state index contributed by atoms with van der Waals surface area (Å²) in [6, 6.07) is 14.4. The predicted molar refractivity (Wildman–Crippen MR) is 128 cm³/mol. The molecule has 0 aliphatic heterocycles. The number of amides is 1. The molecule has 0 radical (unpaired) electrons. The summed E-state index contributed by atoms with van der Waals surface area (Å²) < 4.78 is 43.4. The van der Waals surface area contributed by atoms with E-state index in [9.17, 15) is 22.8 Å². The van der Waals surface area contributed by atoms with Crippen LogP contribution in [0.4, 0.5) is 18.9 Å². The highest BCUT2D eigenvalue weighted by Crippen LogP contribution is 2.34. The topological polar surface area (TPSA) is 85.7 Å². The van der Waals surface area contributed by atoms with Gasteiger partial charge in [-0.2, -0.15) is 18.3 Å². The van der Waals surface area contributed by atoms with Crippen molar-refractivity contribution in [3.63, 3.8) is 0 Å². The first kappa shape index (κ1) is 23.3. The van der Waals surface area contributed by atoms with Crippen LogP contribution in [-0.4, -0.2) is 29.7 Å². The van der Waals surface area contributed by atoms with E-state index in [1.54, 1.807) is 16.8 Å². The molecular weight excluding hydrogens is 473 g/mol. The van der Waals surface area contributed by atoms with E-state index in [-0.39, 0.29) is 5.65 Å². The van der Waals surface area contributed by atoms with Gasteiger partial charge in [0.15, 0.2) is 5.65 Å². The number of carbonyl (C=O) groups excluding carboxylic acids is 1. The van der Waals surface area contributed by atoms with Crippen LogP contribution in [0, 0.1) is 0 Å². The van der Waals surface area contributed by atoms with E-state index in [0.717, 1.165) is 22.4 Å². The molecule has 11 heteroatoms. The van der Waals surface area contributed by atoms with Gasteiger partial charge in [-0.25, -0.2) is 18.4 Å². The lowest BCUT2D eigenvalue weighted by atomic mass is 10.0. The third kappa shape index (κ3) is 4.23. The minimum absolute atomic E-state index is 0.267. The van der Waals surface area contributed by atoms with Crippen LogP contribution in [0.25, 0.3) is 22.4 Å². The highest BCUT2D eigenvalue weighted by Gasteiger charge is 2.33. The number of para-hydroxylation sites is 1. The summed E-state index contributed by atoms with van der Waals surface area (Å²) in [6.07, 6.45) is -1.56. The first-order valence-corrected chi connectivity index (χ1v) is 11.2. The molecule has 0 aliphatic carbocycles. The number of halogens is 3. The fourth-order valence-electron chi connectivity index (χ4n) is 3.98. The summed E-state index contributed by atoms with van der Waals surface area (Å²) in [5.41, 5.74) is 1.62. The van der Waals surface area contributed by atoms with E-state index >= 15 is 0 Å². The monoisotopic (exact) mass is 494 g/mol. The van der Waals surface area contributed by atoms with Gasteiger partial charge in [0.2, 0.25) is 5.91 Å². The molecule has 0 saturated carbocycles. The van der Waals surface area contributed by atoms with Crippen LogP contribution in [0.15, 0.2) is 71.8 Å². The molecule has 36 heavy (non-hydrogen) atoms. The van der Waals surface area contributed by atoms with E-state index in [1.165, 1.54) is 28.3 Å². The van der Waals surface area contributed by atoms with Crippen LogP contribution in [-0.2, 0) is 17.5 Å². The minimum atomic E-state index is -4.63. The van der Waals surface area contributed by atoms with E-state index in [0.29, 0.717) is 17.1 Å². The molecular formula is C25H21F3N6O2. The second-order valence-corrected chi connectivity index (χ2v) is 8.66. The number of rotatable bonds is 5. The summed E-state index contributed by atoms with van der Waals surface area (Å²) in [4.78, 5) is 25.4. The molecule has 5 aromatic rings. The molecule has 5 rings (SSSR count). The van der Waals surface area contributed by atoms with Crippen LogP contribution in [0.3, 0.4) is 0 Å². The van der Waals surface area contributed by atoms with Gasteiger partial charge in [-0.3, -0.25) is 4.79 Å². The zero-order valence-electron chi connectivity index (χ0n) is 19.3. The molecule has 1 N–H and O–H groups in total. The van der Waals surface area contributed by atoms with Crippen molar-refractivity contribution in [1.82, 2.24) is 23.8 Å². The maximum Gasteiger partial charge on any atom is 0.418 e. The minimum Gasteiger partial charge on any atom is -0.324 e. The molecule has 0 aliphatic rings. The first-order chi connectivity index (χ1) is 17.1. The van der Waals surface area contributed by atoms with Gasteiger partial charge in [-0.1, -0.05) is 50.2 Å². The van der Waals surface area contributed by atoms with E-state index < -0.39 is 35.6 Å². The summed E-state index contributed by atoms with van der Waals surface area (Å²) in [5, 5.41) is 11.0. The Hall–Kier alpha value is -4.41. The molecule has 2 aromatic carbocycles. The maximum atomic E-state index is 13.2. The summed E-state index contributed by atoms with van der Waals surface area (Å²) in [6.45, 7) is 3.66. The number of nitrogens with zero attached hydrogens (tertiary/aromatic N) is 5. The second kappa shape index (κ2) is 8.67. The van der Waals surface area contributed by atoms with Crippen molar-refractivity contribution < 1.29 is 18.0 Å². The molecule has 1 amide bonds. The maximum absolute atomic E-state index is 13.2. The van der Waals surface area contributed by atoms with Gasteiger partial charge >= 0.3 is 11.9 Å². The Kier molecular flexibility index (Phi) is 5.62. The average molecular weight is 494 g/mol.